The highest BCUT2D eigenvalue weighted by atomic mass is 16.4. The third-order valence-corrected chi connectivity index (χ3v) is 1.45. The Bertz CT molecular complexity index is 282. The van der Waals surface area contributed by atoms with E-state index in [0.29, 0.717) is 11.5 Å². The van der Waals surface area contributed by atoms with Crippen molar-refractivity contribution in [3.05, 3.63) is 17.7 Å². The zero-order valence-corrected chi connectivity index (χ0v) is 6.61. The summed E-state index contributed by atoms with van der Waals surface area (Å²) in [6, 6.07) is 0. The maximum atomic E-state index is 10.2. The summed E-state index contributed by atoms with van der Waals surface area (Å²) in [5.41, 5.74) is 0.627. The number of nitrogens with zero attached hydrogens (tertiary/aromatic N) is 1. The molecule has 66 valence electrons. The summed E-state index contributed by atoms with van der Waals surface area (Å²) < 4.78 is 0. The van der Waals surface area contributed by atoms with Gasteiger partial charge in [-0.05, 0) is 6.92 Å². The van der Waals surface area contributed by atoms with E-state index < -0.39 is 12.1 Å². The van der Waals surface area contributed by atoms with Crippen LogP contribution < -0.4 is 0 Å². The average Bonchev–Trinajstić information content (AvgIpc) is 2.35. The zero-order valence-electron chi connectivity index (χ0n) is 6.61. The van der Waals surface area contributed by atoms with Crippen LogP contribution in [-0.4, -0.2) is 32.3 Å². The van der Waals surface area contributed by atoms with Crippen molar-refractivity contribution in [2.75, 3.05) is 0 Å². The molecule has 3 N–H and O–H groups in total. The molecule has 0 bridgehead atoms. The zero-order chi connectivity index (χ0) is 9.14. The topological polar surface area (TPSA) is 86.2 Å². The molecule has 0 fully saturated rings. The van der Waals surface area contributed by atoms with Crippen LogP contribution in [-0.2, 0) is 11.2 Å². The van der Waals surface area contributed by atoms with E-state index in [1.165, 1.54) is 6.20 Å². The van der Waals surface area contributed by atoms with Crippen molar-refractivity contribution in [1.29, 1.82) is 0 Å². The van der Waals surface area contributed by atoms with Gasteiger partial charge in [-0.2, -0.15) is 0 Å². The number of H-pyrrole nitrogens is 1. The monoisotopic (exact) mass is 170 g/mol. The fraction of sp³-hybridized carbons (Fsp3) is 0.429. The number of aromatic amines is 1. The Morgan fingerprint density at radius 1 is 1.83 bits per heavy atom. The van der Waals surface area contributed by atoms with E-state index in [-0.39, 0.29) is 6.42 Å². The van der Waals surface area contributed by atoms with Crippen LogP contribution in [0.3, 0.4) is 0 Å². The van der Waals surface area contributed by atoms with Gasteiger partial charge in [0.15, 0.2) is 6.10 Å². The van der Waals surface area contributed by atoms with Gasteiger partial charge < -0.3 is 15.2 Å². The van der Waals surface area contributed by atoms with E-state index in [4.69, 9.17) is 10.2 Å². The van der Waals surface area contributed by atoms with Crippen molar-refractivity contribution >= 4 is 5.97 Å². The molecular weight excluding hydrogens is 160 g/mol. The van der Waals surface area contributed by atoms with Gasteiger partial charge in [0, 0.05) is 18.3 Å². The van der Waals surface area contributed by atoms with Crippen LogP contribution in [0.25, 0.3) is 0 Å². The van der Waals surface area contributed by atoms with Gasteiger partial charge >= 0.3 is 5.97 Å². The molecule has 0 amide bonds. The Morgan fingerprint density at radius 3 is 2.92 bits per heavy atom. The molecule has 0 spiro atoms. The molecule has 0 aliphatic carbocycles. The second-order valence-electron chi connectivity index (χ2n) is 2.55. The quantitative estimate of drug-likeness (QED) is 0.581. The van der Waals surface area contributed by atoms with Crippen molar-refractivity contribution in [3.63, 3.8) is 0 Å². The highest BCUT2D eigenvalue weighted by Gasteiger charge is 2.14. The van der Waals surface area contributed by atoms with Crippen LogP contribution in [0.4, 0.5) is 0 Å². The molecular formula is C7H10N2O3. The van der Waals surface area contributed by atoms with Crippen molar-refractivity contribution in [2.24, 2.45) is 0 Å². The predicted molar refractivity (Wildman–Crippen MR) is 40.7 cm³/mol. The second kappa shape index (κ2) is 3.36. The van der Waals surface area contributed by atoms with Gasteiger partial charge in [0.1, 0.15) is 5.82 Å². The lowest BCUT2D eigenvalue weighted by Gasteiger charge is -2.01. The average molecular weight is 170 g/mol. The summed E-state index contributed by atoms with van der Waals surface area (Å²) in [6.45, 7) is 1.76. The molecule has 0 aliphatic heterocycles. The highest BCUT2D eigenvalue weighted by molar-refractivity contribution is 5.72. The minimum Gasteiger partial charge on any atom is -0.479 e. The molecule has 0 aromatic carbocycles. The SMILES string of the molecule is Cc1ncc(CC(O)C(=O)O)[nH]1. The number of carbonyl (C=O) groups is 1. The van der Waals surface area contributed by atoms with Gasteiger partial charge in [-0.25, -0.2) is 9.78 Å². The molecule has 1 atom stereocenters. The van der Waals surface area contributed by atoms with Gasteiger partial charge in [-0.1, -0.05) is 0 Å². The van der Waals surface area contributed by atoms with Crippen LogP contribution in [0.5, 0.6) is 0 Å². The Labute approximate surface area is 69.1 Å². The summed E-state index contributed by atoms with van der Waals surface area (Å²) in [4.78, 5) is 16.9. The molecule has 1 unspecified atom stereocenters. The van der Waals surface area contributed by atoms with E-state index in [1.54, 1.807) is 6.92 Å². The van der Waals surface area contributed by atoms with Gasteiger partial charge in [0.25, 0.3) is 0 Å². The number of nitrogens with one attached hydrogen (secondary N) is 1. The highest BCUT2D eigenvalue weighted by Crippen LogP contribution is 2.00. The van der Waals surface area contributed by atoms with Crippen LogP contribution in [0.2, 0.25) is 0 Å². The largest absolute Gasteiger partial charge is 0.479 e. The predicted octanol–water partition coefficient (Wildman–Crippen LogP) is -0.294. The Kier molecular flexibility index (Phi) is 2.44. The third-order valence-electron chi connectivity index (χ3n) is 1.45. The number of hydrogen-bond donors (Lipinski definition) is 3. The molecule has 1 aromatic rings. The van der Waals surface area contributed by atoms with Gasteiger partial charge in [0.05, 0.1) is 0 Å². The van der Waals surface area contributed by atoms with Gasteiger partial charge in [-0.15, -0.1) is 0 Å². The fourth-order valence-electron chi connectivity index (χ4n) is 0.871. The molecule has 5 heteroatoms. The van der Waals surface area contributed by atoms with Crippen molar-refractivity contribution in [1.82, 2.24) is 9.97 Å². The first-order chi connectivity index (χ1) is 5.59. The van der Waals surface area contributed by atoms with Crippen molar-refractivity contribution in [2.45, 2.75) is 19.4 Å². The van der Waals surface area contributed by atoms with Crippen LogP contribution >= 0.6 is 0 Å². The molecule has 0 radical (unpaired) electrons. The summed E-state index contributed by atoms with van der Waals surface area (Å²) in [5.74, 6) is -0.509. The molecule has 1 rings (SSSR count). The molecule has 12 heavy (non-hydrogen) atoms. The standard InChI is InChI=1S/C7H10N2O3/c1-4-8-3-5(9-4)2-6(10)7(11)12/h3,6,10H,2H2,1H3,(H,8,9)(H,11,12). The first-order valence-corrected chi connectivity index (χ1v) is 3.51. The van der Waals surface area contributed by atoms with Gasteiger partial charge in [-0.3, -0.25) is 0 Å². The summed E-state index contributed by atoms with van der Waals surface area (Å²) in [7, 11) is 0. The Balaban J connectivity index is 2.58. The van der Waals surface area contributed by atoms with E-state index in [2.05, 4.69) is 9.97 Å². The lowest BCUT2D eigenvalue weighted by atomic mass is 10.2. The van der Waals surface area contributed by atoms with Crippen LogP contribution in [0, 0.1) is 6.92 Å². The molecule has 0 aliphatic rings. The van der Waals surface area contributed by atoms with Crippen molar-refractivity contribution < 1.29 is 15.0 Å². The van der Waals surface area contributed by atoms with E-state index >= 15 is 0 Å². The van der Waals surface area contributed by atoms with E-state index in [1.807, 2.05) is 0 Å². The number of carboxylic acid groups (broad SMARTS) is 1. The molecule has 0 saturated heterocycles. The lowest BCUT2D eigenvalue weighted by molar-refractivity contribution is -0.146. The molecule has 1 aromatic heterocycles. The van der Waals surface area contributed by atoms with Crippen LogP contribution in [0.1, 0.15) is 11.5 Å². The third kappa shape index (κ3) is 2.06. The Morgan fingerprint density at radius 2 is 2.50 bits per heavy atom. The summed E-state index contributed by atoms with van der Waals surface area (Å²) in [6.07, 6.45) is 0.224. The number of aryl methyl sites for hydroxylation is 1. The lowest BCUT2D eigenvalue weighted by Crippen LogP contribution is -2.22. The number of aliphatic carboxylic acids is 1. The number of imidazole rings is 1. The number of rotatable bonds is 3. The first-order valence-electron chi connectivity index (χ1n) is 3.51. The number of carboxylic acids is 1. The van der Waals surface area contributed by atoms with Crippen LogP contribution in [0.15, 0.2) is 6.20 Å². The second-order valence-corrected chi connectivity index (χ2v) is 2.55. The van der Waals surface area contributed by atoms with E-state index in [0.717, 1.165) is 0 Å². The smallest absolute Gasteiger partial charge is 0.332 e. The molecule has 0 saturated carbocycles. The number of aromatic nitrogens is 2. The summed E-state index contributed by atoms with van der Waals surface area (Å²) in [5, 5.41) is 17.3. The molecule has 5 nitrogen and oxygen atoms in total. The maximum absolute atomic E-state index is 10.2. The Hall–Kier alpha value is -1.36. The number of aliphatic hydroxyl groups excluding tert-OH is 1. The normalized spacial score (nSPS) is 12.8. The van der Waals surface area contributed by atoms with Crippen molar-refractivity contribution in [3.8, 4) is 0 Å². The maximum Gasteiger partial charge on any atom is 0.332 e. The fourth-order valence-corrected chi connectivity index (χ4v) is 0.871. The molecule has 1 heterocycles. The first kappa shape index (κ1) is 8.73. The minimum atomic E-state index is -1.36. The number of hydrogen-bond acceptors (Lipinski definition) is 3. The van der Waals surface area contributed by atoms with Gasteiger partial charge in [0.2, 0.25) is 0 Å². The minimum absolute atomic E-state index is 0.0656. The summed E-state index contributed by atoms with van der Waals surface area (Å²) >= 11 is 0. The number of aliphatic hydroxyl groups is 1. The van der Waals surface area contributed by atoms with E-state index in [9.17, 15) is 4.79 Å².